The van der Waals surface area contributed by atoms with Crippen LogP contribution in [0.3, 0.4) is 0 Å². The minimum atomic E-state index is -1.19. The van der Waals surface area contributed by atoms with Gasteiger partial charge >= 0.3 is 6.09 Å². The Kier molecular flexibility index (Phi) is 4.42. The van der Waals surface area contributed by atoms with E-state index in [4.69, 9.17) is 14.6 Å². The lowest BCUT2D eigenvalue weighted by Gasteiger charge is -2.11. The second kappa shape index (κ2) is 6.44. The monoisotopic (exact) mass is 304 g/mol. The number of hydrogen-bond donors (Lipinski definition) is 2. The van der Waals surface area contributed by atoms with Gasteiger partial charge in [0.2, 0.25) is 0 Å². The SMILES string of the molecule is COc1cc([N+](=O)[O-])ccc1Oc1cccc(NC(=O)O)c1. The predicted molar refractivity (Wildman–Crippen MR) is 77.8 cm³/mol. The van der Waals surface area contributed by atoms with Gasteiger partial charge in [-0.25, -0.2) is 4.79 Å². The molecule has 2 rings (SSSR count). The van der Waals surface area contributed by atoms with E-state index in [0.717, 1.165) is 0 Å². The van der Waals surface area contributed by atoms with Gasteiger partial charge in [-0.1, -0.05) is 6.07 Å². The van der Waals surface area contributed by atoms with E-state index in [1.165, 1.54) is 31.4 Å². The zero-order valence-electron chi connectivity index (χ0n) is 11.5. The first kappa shape index (κ1) is 15.1. The summed E-state index contributed by atoms with van der Waals surface area (Å²) in [5, 5.41) is 21.6. The molecular formula is C14H12N2O6. The molecule has 0 saturated heterocycles. The highest BCUT2D eigenvalue weighted by Gasteiger charge is 2.13. The van der Waals surface area contributed by atoms with Crippen LogP contribution in [0.1, 0.15) is 0 Å². The van der Waals surface area contributed by atoms with Crippen molar-refractivity contribution in [3.8, 4) is 17.2 Å². The third kappa shape index (κ3) is 3.63. The number of ether oxygens (including phenoxy) is 2. The minimum absolute atomic E-state index is 0.120. The smallest absolute Gasteiger partial charge is 0.409 e. The molecule has 22 heavy (non-hydrogen) atoms. The molecule has 8 nitrogen and oxygen atoms in total. The van der Waals surface area contributed by atoms with Crippen LogP contribution in [0.4, 0.5) is 16.2 Å². The van der Waals surface area contributed by atoms with Crippen molar-refractivity contribution in [2.75, 3.05) is 12.4 Å². The zero-order valence-corrected chi connectivity index (χ0v) is 11.5. The van der Waals surface area contributed by atoms with Gasteiger partial charge in [-0.05, 0) is 18.2 Å². The molecule has 0 spiro atoms. The van der Waals surface area contributed by atoms with E-state index in [1.54, 1.807) is 18.2 Å². The van der Waals surface area contributed by atoms with Crippen molar-refractivity contribution < 1.29 is 24.3 Å². The van der Waals surface area contributed by atoms with Crippen molar-refractivity contribution in [3.63, 3.8) is 0 Å². The summed E-state index contributed by atoms with van der Waals surface area (Å²) in [5.41, 5.74) is 0.219. The van der Waals surface area contributed by atoms with E-state index in [0.29, 0.717) is 11.4 Å². The Hall–Kier alpha value is -3.29. The topological polar surface area (TPSA) is 111 Å². The van der Waals surface area contributed by atoms with Crippen LogP contribution < -0.4 is 14.8 Å². The highest BCUT2D eigenvalue weighted by molar-refractivity contribution is 5.83. The van der Waals surface area contributed by atoms with Crippen molar-refractivity contribution >= 4 is 17.5 Å². The maximum atomic E-state index is 10.7. The largest absolute Gasteiger partial charge is 0.493 e. The molecule has 0 fully saturated rings. The molecule has 1 amide bonds. The van der Waals surface area contributed by atoms with Crippen molar-refractivity contribution in [1.29, 1.82) is 0 Å². The standard InChI is InChI=1S/C14H12N2O6/c1-21-13-8-10(16(19)20)5-6-12(13)22-11-4-2-3-9(7-11)15-14(17)18/h2-8,15H,1H3,(H,17,18). The van der Waals surface area contributed by atoms with E-state index in [1.807, 2.05) is 0 Å². The van der Waals surface area contributed by atoms with Gasteiger partial charge in [-0.3, -0.25) is 15.4 Å². The molecule has 2 aromatic carbocycles. The Bertz CT molecular complexity index is 716. The number of carboxylic acid groups (broad SMARTS) is 1. The van der Waals surface area contributed by atoms with Crippen molar-refractivity contribution in [1.82, 2.24) is 0 Å². The summed E-state index contributed by atoms with van der Waals surface area (Å²) in [6.45, 7) is 0. The van der Waals surface area contributed by atoms with Crippen LogP contribution in [0.25, 0.3) is 0 Å². The van der Waals surface area contributed by atoms with Crippen LogP contribution in [-0.2, 0) is 0 Å². The first-order valence-corrected chi connectivity index (χ1v) is 6.10. The van der Waals surface area contributed by atoms with Gasteiger partial charge in [-0.2, -0.15) is 0 Å². The molecule has 0 aliphatic heterocycles. The van der Waals surface area contributed by atoms with Crippen molar-refractivity contribution in [3.05, 3.63) is 52.6 Å². The summed E-state index contributed by atoms with van der Waals surface area (Å²) < 4.78 is 10.6. The number of non-ortho nitro benzene ring substituents is 1. The molecule has 0 heterocycles. The maximum Gasteiger partial charge on any atom is 0.409 e. The summed E-state index contributed by atoms with van der Waals surface area (Å²) >= 11 is 0. The summed E-state index contributed by atoms with van der Waals surface area (Å²) in [5.74, 6) is 0.838. The fourth-order valence-corrected chi connectivity index (χ4v) is 1.74. The average molecular weight is 304 g/mol. The average Bonchev–Trinajstić information content (AvgIpc) is 2.47. The Balaban J connectivity index is 2.26. The molecule has 0 aromatic heterocycles. The number of nitrogens with one attached hydrogen (secondary N) is 1. The van der Waals surface area contributed by atoms with Crippen LogP contribution in [0.2, 0.25) is 0 Å². The molecular weight excluding hydrogens is 292 g/mol. The molecule has 0 aliphatic rings. The quantitative estimate of drug-likeness (QED) is 0.646. The van der Waals surface area contributed by atoms with E-state index < -0.39 is 11.0 Å². The van der Waals surface area contributed by atoms with Gasteiger partial charge in [0.15, 0.2) is 11.5 Å². The highest BCUT2D eigenvalue weighted by atomic mass is 16.6. The van der Waals surface area contributed by atoms with Crippen LogP contribution in [-0.4, -0.2) is 23.2 Å². The lowest BCUT2D eigenvalue weighted by Crippen LogP contribution is -2.06. The van der Waals surface area contributed by atoms with Crippen molar-refractivity contribution in [2.24, 2.45) is 0 Å². The second-order valence-electron chi connectivity index (χ2n) is 4.15. The first-order chi connectivity index (χ1) is 10.5. The van der Waals surface area contributed by atoms with E-state index >= 15 is 0 Å². The Morgan fingerprint density at radius 3 is 2.64 bits per heavy atom. The molecule has 0 radical (unpaired) electrons. The molecule has 0 aliphatic carbocycles. The Morgan fingerprint density at radius 1 is 1.23 bits per heavy atom. The summed E-state index contributed by atoms with van der Waals surface area (Å²) in [6.07, 6.45) is -1.19. The first-order valence-electron chi connectivity index (χ1n) is 6.10. The Labute approximate surface area is 125 Å². The van der Waals surface area contributed by atoms with E-state index in [2.05, 4.69) is 5.32 Å². The normalized spacial score (nSPS) is 9.86. The third-order valence-electron chi connectivity index (χ3n) is 2.67. The molecule has 0 saturated carbocycles. The number of rotatable bonds is 5. The molecule has 0 unspecified atom stereocenters. The fraction of sp³-hybridized carbons (Fsp3) is 0.0714. The highest BCUT2D eigenvalue weighted by Crippen LogP contribution is 2.35. The predicted octanol–water partition coefficient (Wildman–Crippen LogP) is 3.49. The number of nitrogens with zero attached hydrogens (tertiary/aromatic N) is 1. The fourth-order valence-electron chi connectivity index (χ4n) is 1.74. The van der Waals surface area contributed by atoms with Crippen LogP contribution in [0.15, 0.2) is 42.5 Å². The van der Waals surface area contributed by atoms with Gasteiger partial charge in [0.1, 0.15) is 5.75 Å². The summed E-state index contributed by atoms with van der Waals surface area (Å²) in [6, 6.07) is 10.2. The number of methoxy groups -OCH3 is 1. The molecule has 2 aromatic rings. The summed E-state index contributed by atoms with van der Waals surface area (Å²) in [4.78, 5) is 20.8. The van der Waals surface area contributed by atoms with Gasteiger partial charge in [-0.15, -0.1) is 0 Å². The van der Waals surface area contributed by atoms with Gasteiger partial charge in [0.25, 0.3) is 5.69 Å². The lowest BCUT2D eigenvalue weighted by atomic mass is 10.2. The zero-order chi connectivity index (χ0) is 16.1. The molecule has 114 valence electrons. The molecule has 2 N–H and O–H groups in total. The molecule has 0 atom stereocenters. The van der Waals surface area contributed by atoms with Crippen LogP contribution in [0, 0.1) is 10.1 Å². The van der Waals surface area contributed by atoms with Crippen molar-refractivity contribution in [2.45, 2.75) is 0 Å². The Morgan fingerprint density at radius 2 is 2.00 bits per heavy atom. The number of nitro benzene ring substituents is 1. The van der Waals surface area contributed by atoms with Crippen LogP contribution in [0.5, 0.6) is 17.2 Å². The number of amides is 1. The lowest BCUT2D eigenvalue weighted by molar-refractivity contribution is -0.384. The molecule has 0 bridgehead atoms. The number of nitro groups is 1. The van der Waals surface area contributed by atoms with E-state index in [-0.39, 0.29) is 17.2 Å². The number of hydrogen-bond acceptors (Lipinski definition) is 5. The molecule has 8 heteroatoms. The number of anilines is 1. The third-order valence-corrected chi connectivity index (χ3v) is 2.67. The maximum absolute atomic E-state index is 10.7. The van der Waals surface area contributed by atoms with Crippen LogP contribution >= 0.6 is 0 Å². The summed E-state index contributed by atoms with van der Waals surface area (Å²) in [7, 11) is 1.37. The van der Waals surface area contributed by atoms with Gasteiger partial charge in [0.05, 0.1) is 18.1 Å². The van der Waals surface area contributed by atoms with Gasteiger partial charge < -0.3 is 14.6 Å². The van der Waals surface area contributed by atoms with E-state index in [9.17, 15) is 14.9 Å². The second-order valence-corrected chi connectivity index (χ2v) is 4.15. The number of benzene rings is 2. The van der Waals surface area contributed by atoms with Gasteiger partial charge in [0, 0.05) is 17.8 Å². The number of carbonyl (C=O) groups is 1. The minimum Gasteiger partial charge on any atom is -0.493 e.